The van der Waals surface area contributed by atoms with Gasteiger partial charge in [-0.2, -0.15) is 0 Å². The van der Waals surface area contributed by atoms with Gasteiger partial charge in [0.25, 0.3) is 0 Å². The first-order valence-corrected chi connectivity index (χ1v) is 6.93. The lowest BCUT2D eigenvalue weighted by Gasteiger charge is -2.27. The number of carbonyl (C=O) groups is 1. The monoisotopic (exact) mass is 279 g/mol. The maximum absolute atomic E-state index is 12.0. The van der Waals surface area contributed by atoms with Gasteiger partial charge >= 0.3 is 0 Å². The smallest absolute Gasteiger partial charge is 0.237 e. The van der Waals surface area contributed by atoms with Gasteiger partial charge in [-0.25, -0.2) is 0 Å². The standard InChI is InChI=1S/C15H25N3O2/c1-4-18(11-13-6-5-7-14(16)10-13)12(2)15(19)17-8-9-20-3/h5-7,10,12H,4,8-9,11,16H2,1-3H3,(H,17,19). The average Bonchev–Trinajstić information content (AvgIpc) is 2.44. The van der Waals surface area contributed by atoms with Crippen molar-refractivity contribution in [1.29, 1.82) is 0 Å². The fourth-order valence-corrected chi connectivity index (χ4v) is 2.04. The Bertz CT molecular complexity index is 423. The van der Waals surface area contributed by atoms with Crippen LogP contribution in [0, 0.1) is 0 Å². The summed E-state index contributed by atoms with van der Waals surface area (Å²) in [4.78, 5) is 14.2. The van der Waals surface area contributed by atoms with E-state index < -0.39 is 0 Å². The Morgan fingerprint density at radius 2 is 2.25 bits per heavy atom. The summed E-state index contributed by atoms with van der Waals surface area (Å²) < 4.78 is 4.93. The minimum atomic E-state index is -0.182. The normalized spacial score (nSPS) is 12.4. The number of likely N-dealkylation sites (N-methyl/N-ethyl adjacent to an activating group) is 1. The van der Waals surface area contributed by atoms with Gasteiger partial charge in [-0.3, -0.25) is 9.69 Å². The van der Waals surface area contributed by atoms with Gasteiger partial charge in [-0.1, -0.05) is 19.1 Å². The predicted molar refractivity (Wildman–Crippen MR) is 81.3 cm³/mol. The number of hydrogen-bond donors (Lipinski definition) is 2. The van der Waals surface area contributed by atoms with Crippen LogP contribution in [0.1, 0.15) is 19.4 Å². The topological polar surface area (TPSA) is 67.6 Å². The number of hydrogen-bond acceptors (Lipinski definition) is 4. The first-order valence-electron chi connectivity index (χ1n) is 6.93. The summed E-state index contributed by atoms with van der Waals surface area (Å²) in [7, 11) is 1.62. The van der Waals surface area contributed by atoms with Crippen molar-refractivity contribution in [1.82, 2.24) is 10.2 Å². The number of nitrogens with one attached hydrogen (secondary N) is 1. The van der Waals surface area contributed by atoms with Crippen LogP contribution in [0.5, 0.6) is 0 Å². The number of ether oxygens (including phenoxy) is 1. The zero-order valence-electron chi connectivity index (χ0n) is 12.6. The molecule has 0 radical (unpaired) electrons. The van der Waals surface area contributed by atoms with Crippen LogP contribution in [0.4, 0.5) is 5.69 Å². The highest BCUT2D eigenvalue weighted by molar-refractivity contribution is 5.81. The summed E-state index contributed by atoms with van der Waals surface area (Å²) in [5.41, 5.74) is 7.64. The molecule has 1 unspecified atom stereocenters. The van der Waals surface area contributed by atoms with E-state index in [9.17, 15) is 4.79 Å². The van der Waals surface area contributed by atoms with Crippen molar-refractivity contribution in [2.45, 2.75) is 26.4 Å². The highest BCUT2D eigenvalue weighted by Crippen LogP contribution is 2.11. The predicted octanol–water partition coefficient (Wildman–Crippen LogP) is 1.24. The molecule has 3 N–H and O–H groups in total. The van der Waals surface area contributed by atoms with E-state index in [1.54, 1.807) is 7.11 Å². The van der Waals surface area contributed by atoms with Crippen molar-refractivity contribution in [2.75, 3.05) is 32.5 Å². The highest BCUT2D eigenvalue weighted by atomic mass is 16.5. The Labute approximate surface area is 121 Å². The van der Waals surface area contributed by atoms with Crippen molar-refractivity contribution in [3.63, 3.8) is 0 Å². The number of nitrogens with two attached hydrogens (primary N) is 1. The van der Waals surface area contributed by atoms with E-state index in [1.807, 2.05) is 38.1 Å². The summed E-state index contributed by atoms with van der Waals surface area (Å²) >= 11 is 0. The lowest BCUT2D eigenvalue weighted by atomic mass is 10.1. The van der Waals surface area contributed by atoms with Crippen molar-refractivity contribution in [2.24, 2.45) is 0 Å². The van der Waals surface area contributed by atoms with E-state index >= 15 is 0 Å². The second-order valence-electron chi connectivity index (χ2n) is 4.77. The van der Waals surface area contributed by atoms with Crippen LogP contribution >= 0.6 is 0 Å². The number of nitrogen functional groups attached to an aromatic ring is 1. The van der Waals surface area contributed by atoms with Gasteiger partial charge in [-0.15, -0.1) is 0 Å². The van der Waals surface area contributed by atoms with Gasteiger partial charge < -0.3 is 15.8 Å². The Balaban J connectivity index is 2.58. The van der Waals surface area contributed by atoms with E-state index in [4.69, 9.17) is 10.5 Å². The Morgan fingerprint density at radius 1 is 1.50 bits per heavy atom. The molecular weight excluding hydrogens is 254 g/mol. The summed E-state index contributed by atoms with van der Waals surface area (Å²) in [6.07, 6.45) is 0. The van der Waals surface area contributed by atoms with E-state index in [1.165, 1.54) is 0 Å². The Hall–Kier alpha value is -1.59. The third-order valence-corrected chi connectivity index (χ3v) is 3.28. The van der Waals surface area contributed by atoms with Crippen LogP contribution < -0.4 is 11.1 Å². The Kier molecular flexibility index (Phi) is 7.04. The van der Waals surface area contributed by atoms with Gasteiger partial charge in [0.2, 0.25) is 5.91 Å². The molecule has 0 bridgehead atoms. The molecule has 0 saturated heterocycles. The maximum Gasteiger partial charge on any atom is 0.237 e. The van der Waals surface area contributed by atoms with Crippen molar-refractivity contribution in [3.05, 3.63) is 29.8 Å². The molecule has 0 saturated carbocycles. The molecule has 5 heteroatoms. The molecule has 1 amide bonds. The molecular formula is C15H25N3O2. The lowest BCUT2D eigenvalue weighted by Crippen LogP contribution is -2.45. The molecule has 1 aromatic rings. The molecule has 0 aliphatic rings. The molecule has 20 heavy (non-hydrogen) atoms. The second kappa shape index (κ2) is 8.55. The largest absolute Gasteiger partial charge is 0.399 e. The molecule has 0 fully saturated rings. The molecule has 0 aliphatic carbocycles. The highest BCUT2D eigenvalue weighted by Gasteiger charge is 2.19. The Morgan fingerprint density at radius 3 is 2.85 bits per heavy atom. The molecule has 0 spiro atoms. The third-order valence-electron chi connectivity index (χ3n) is 3.28. The molecule has 5 nitrogen and oxygen atoms in total. The zero-order chi connectivity index (χ0) is 15.0. The van der Waals surface area contributed by atoms with Gasteiger partial charge in [0.15, 0.2) is 0 Å². The first kappa shape index (κ1) is 16.5. The summed E-state index contributed by atoms with van der Waals surface area (Å²) in [6.45, 7) is 6.53. The molecule has 1 rings (SSSR count). The summed E-state index contributed by atoms with van der Waals surface area (Å²) in [5.74, 6) is 0.0211. The fraction of sp³-hybridized carbons (Fsp3) is 0.533. The number of methoxy groups -OCH3 is 1. The molecule has 0 aliphatic heterocycles. The average molecular weight is 279 g/mol. The van der Waals surface area contributed by atoms with Gasteiger partial charge in [0, 0.05) is 25.9 Å². The van der Waals surface area contributed by atoms with E-state index in [0.717, 1.165) is 17.8 Å². The van der Waals surface area contributed by atoms with Crippen LogP contribution in [-0.4, -0.2) is 43.7 Å². The minimum absolute atomic E-state index is 0.0211. The van der Waals surface area contributed by atoms with E-state index in [-0.39, 0.29) is 11.9 Å². The van der Waals surface area contributed by atoms with Crippen LogP contribution in [0.15, 0.2) is 24.3 Å². The number of carbonyl (C=O) groups excluding carboxylic acids is 1. The van der Waals surface area contributed by atoms with Crippen molar-refractivity contribution < 1.29 is 9.53 Å². The number of nitrogens with zero attached hydrogens (tertiary/aromatic N) is 1. The van der Waals surface area contributed by atoms with Gasteiger partial charge in [0.05, 0.1) is 12.6 Å². The third kappa shape index (κ3) is 5.19. The van der Waals surface area contributed by atoms with Crippen molar-refractivity contribution in [3.8, 4) is 0 Å². The first-order chi connectivity index (χ1) is 9.58. The minimum Gasteiger partial charge on any atom is -0.399 e. The summed E-state index contributed by atoms with van der Waals surface area (Å²) in [5, 5.41) is 2.87. The zero-order valence-corrected chi connectivity index (χ0v) is 12.6. The summed E-state index contributed by atoms with van der Waals surface area (Å²) in [6, 6.07) is 7.58. The molecule has 1 aromatic carbocycles. The number of anilines is 1. The lowest BCUT2D eigenvalue weighted by molar-refractivity contribution is -0.126. The quantitative estimate of drug-likeness (QED) is 0.555. The number of rotatable bonds is 8. The number of amides is 1. The molecule has 0 aromatic heterocycles. The molecule has 112 valence electrons. The van der Waals surface area contributed by atoms with E-state index in [0.29, 0.717) is 19.7 Å². The van der Waals surface area contributed by atoms with E-state index in [2.05, 4.69) is 10.2 Å². The fourth-order valence-electron chi connectivity index (χ4n) is 2.04. The second-order valence-corrected chi connectivity index (χ2v) is 4.77. The number of benzene rings is 1. The van der Waals surface area contributed by atoms with Crippen LogP contribution in [-0.2, 0) is 16.1 Å². The van der Waals surface area contributed by atoms with Gasteiger partial charge in [-0.05, 0) is 31.2 Å². The molecule has 1 atom stereocenters. The van der Waals surface area contributed by atoms with Crippen LogP contribution in [0.3, 0.4) is 0 Å². The van der Waals surface area contributed by atoms with Crippen LogP contribution in [0.2, 0.25) is 0 Å². The molecule has 0 heterocycles. The van der Waals surface area contributed by atoms with Gasteiger partial charge in [0.1, 0.15) is 0 Å². The maximum atomic E-state index is 12.0. The van der Waals surface area contributed by atoms with Crippen LogP contribution in [0.25, 0.3) is 0 Å². The SMILES string of the molecule is CCN(Cc1cccc(N)c1)C(C)C(=O)NCCOC. The van der Waals surface area contributed by atoms with Crippen molar-refractivity contribution >= 4 is 11.6 Å².